The molecular weight excluding hydrogens is 224 g/mol. The fourth-order valence-corrected chi connectivity index (χ4v) is 2.58. The smallest absolute Gasteiger partial charge is 0.174 e. The molecule has 1 aromatic carbocycles. The van der Waals surface area contributed by atoms with Crippen LogP contribution in [0.1, 0.15) is 19.4 Å². The van der Waals surface area contributed by atoms with Gasteiger partial charge in [-0.2, -0.15) is 3.69 Å². The maximum atomic E-state index is 2.37. The summed E-state index contributed by atoms with van der Waals surface area (Å²) in [6, 6.07) is 9.05. The van der Waals surface area contributed by atoms with Crippen molar-refractivity contribution in [3.63, 3.8) is 0 Å². The molecule has 0 aliphatic rings. The molecule has 0 bridgehead atoms. The molecule has 12 heavy (non-hydrogen) atoms. The third kappa shape index (κ3) is 3.92. The zero-order chi connectivity index (χ0) is 8.10. The van der Waals surface area contributed by atoms with Crippen LogP contribution < -0.4 is 3.69 Å². The molecule has 64 valence electrons. The summed E-state index contributed by atoms with van der Waals surface area (Å²) in [7, 11) is 0. The normalized spacial score (nSPS) is 8.50. The second kappa shape index (κ2) is 6.93. The first kappa shape index (κ1) is 12.5. The van der Waals surface area contributed by atoms with E-state index in [-0.39, 0.29) is 37.3 Å². The van der Waals surface area contributed by atoms with Crippen molar-refractivity contribution in [1.29, 1.82) is 0 Å². The molecule has 0 N–H and O–H groups in total. The minimum atomic E-state index is 0. The average Bonchev–Trinajstić information content (AvgIpc) is 2.06. The first-order valence-corrected chi connectivity index (χ1v) is 6.15. The molecule has 0 spiro atoms. The van der Waals surface area contributed by atoms with Crippen LogP contribution >= 0.6 is 17.0 Å². The lowest BCUT2D eigenvalue weighted by molar-refractivity contribution is 1.14. The summed E-state index contributed by atoms with van der Waals surface area (Å²) in [6.07, 6.45) is 1.17. The van der Waals surface area contributed by atoms with Gasteiger partial charge in [0.1, 0.15) is 0 Å². The molecular formula is C10H15BrMg. The highest BCUT2D eigenvalue weighted by atomic mass is 79.9. The highest BCUT2D eigenvalue weighted by Gasteiger charge is 1.95. The van der Waals surface area contributed by atoms with E-state index in [2.05, 4.69) is 38.1 Å². The summed E-state index contributed by atoms with van der Waals surface area (Å²) in [5.74, 6) is 0. The van der Waals surface area contributed by atoms with E-state index in [1.54, 1.807) is 3.69 Å². The summed E-state index contributed by atoms with van der Waals surface area (Å²) in [5.41, 5.74) is 1.49. The molecule has 0 aromatic heterocycles. The van der Waals surface area contributed by atoms with Crippen LogP contribution in [0.4, 0.5) is 0 Å². The Bertz CT molecular complexity index is 223. The van der Waals surface area contributed by atoms with Crippen molar-refractivity contribution in [2.75, 3.05) is 0 Å². The lowest BCUT2D eigenvalue weighted by Gasteiger charge is -2.00. The molecule has 0 fully saturated rings. The summed E-state index contributed by atoms with van der Waals surface area (Å²) >= 11 is 0.0683. The van der Waals surface area contributed by atoms with Gasteiger partial charge >= 0.3 is 20.4 Å². The van der Waals surface area contributed by atoms with E-state index >= 15 is 0 Å². The minimum absolute atomic E-state index is 0. The Hall–Kier alpha value is 0.466. The number of benzene rings is 1. The van der Waals surface area contributed by atoms with Crippen molar-refractivity contribution >= 4 is 41.0 Å². The molecule has 0 aliphatic heterocycles. The summed E-state index contributed by atoms with van der Waals surface area (Å²) in [6.45, 7) is 4.50. The second-order valence-corrected chi connectivity index (χ2v) is 5.24. The van der Waals surface area contributed by atoms with E-state index in [0.717, 1.165) is 0 Å². The highest BCUT2D eigenvalue weighted by Crippen LogP contribution is 1.96. The van der Waals surface area contributed by atoms with Crippen LogP contribution in [0.15, 0.2) is 24.3 Å². The Labute approximate surface area is 95.2 Å². The van der Waals surface area contributed by atoms with Crippen LogP contribution in [0.2, 0.25) is 4.55 Å². The highest BCUT2D eigenvalue weighted by molar-refractivity contribution is 8.93. The Kier molecular flexibility index (Phi) is 7.20. The van der Waals surface area contributed by atoms with Gasteiger partial charge in [0.2, 0.25) is 0 Å². The van der Waals surface area contributed by atoms with E-state index in [0.29, 0.717) is 0 Å². The molecule has 1 rings (SSSR count). The Morgan fingerprint density at radius 3 is 2.58 bits per heavy atom. The van der Waals surface area contributed by atoms with Crippen LogP contribution in [-0.4, -0.2) is 20.4 Å². The zero-order valence-electron chi connectivity index (χ0n) is 7.84. The maximum Gasteiger partial charge on any atom is 0.408 e. The maximum absolute atomic E-state index is 2.37. The fraction of sp³-hybridized carbons (Fsp3) is 0.400. The average molecular weight is 239 g/mol. The van der Waals surface area contributed by atoms with E-state index in [4.69, 9.17) is 0 Å². The largest absolute Gasteiger partial charge is 0.408 e. The van der Waals surface area contributed by atoms with Gasteiger partial charge in [-0.25, -0.2) is 0 Å². The third-order valence-electron chi connectivity index (χ3n) is 1.94. The molecule has 0 unspecified atom stereocenters. The third-order valence-corrected chi connectivity index (χ3v) is 3.46. The van der Waals surface area contributed by atoms with E-state index in [1.807, 2.05) is 0 Å². The second-order valence-electron chi connectivity index (χ2n) is 2.92. The van der Waals surface area contributed by atoms with E-state index in [1.165, 1.54) is 16.5 Å². The molecule has 0 atom stereocenters. The fourth-order valence-electron chi connectivity index (χ4n) is 1.29. The van der Waals surface area contributed by atoms with Crippen molar-refractivity contribution in [2.24, 2.45) is 0 Å². The quantitative estimate of drug-likeness (QED) is 0.711. The Balaban J connectivity index is 0.00000121. The molecule has 1 aromatic rings. The predicted molar refractivity (Wildman–Crippen MR) is 62.0 cm³/mol. The number of aryl methyl sites for hydroxylation is 1. The molecule has 0 saturated carbocycles. The monoisotopic (exact) mass is 238 g/mol. The van der Waals surface area contributed by atoms with Crippen molar-refractivity contribution in [3.05, 3.63) is 29.8 Å². The number of halogens is 1. The molecule has 0 nitrogen and oxygen atoms in total. The molecule has 0 saturated heterocycles. The van der Waals surface area contributed by atoms with Crippen molar-refractivity contribution in [1.82, 2.24) is 0 Å². The van der Waals surface area contributed by atoms with Gasteiger partial charge in [0, 0.05) is 0 Å². The van der Waals surface area contributed by atoms with Crippen molar-refractivity contribution < 1.29 is 0 Å². The van der Waals surface area contributed by atoms with Gasteiger partial charge in [-0.3, -0.25) is 0 Å². The van der Waals surface area contributed by atoms with E-state index in [9.17, 15) is 0 Å². The lowest BCUT2D eigenvalue weighted by Crippen LogP contribution is -2.12. The van der Waals surface area contributed by atoms with Crippen LogP contribution in [0.5, 0.6) is 0 Å². The molecule has 0 heterocycles. The SMILES string of the molecule is Br.C[CH2][Mg][c]1cccc(CC)c1. The summed E-state index contributed by atoms with van der Waals surface area (Å²) in [4.78, 5) is 0. The number of rotatable bonds is 3. The molecule has 0 radical (unpaired) electrons. The van der Waals surface area contributed by atoms with Gasteiger partial charge in [-0.1, -0.05) is 43.7 Å². The number of hydrogen-bond acceptors (Lipinski definition) is 0. The Morgan fingerprint density at radius 1 is 1.25 bits per heavy atom. The van der Waals surface area contributed by atoms with Gasteiger partial charge in [-0.05, 0) is 6.42 Å². The molecule has 2 heteroatoms. The minimum Gasteiger partial charge on any atom is -0.174 e. The van der Waals surface area contributed by atoms with Gasteiger partial charge < -0.3 is 0 Å². The standard InChI is InChI=1S/C8H9.C2H5.BrH.Mg/c1-2-8-6-4-3-5-7-8;1-2;;/h3-4,6-7H,2H2,1H3;1H2,2H3;1H;. The Morgan fingerprint density at radius 2 is 2.00 bits per heavy atom. The number of hydrogen-bond donors (Lipinski definition) is 0. The summed E-state index contributed by atoms with van der Waals surface area (Å²) < 4.78 is 3.00. The van der Waals surface area contributed by atoms with E-state index < -0.39 is 0 Å². The predicted octanol–water partition coefficient (Wildman–Crippen LogP) is 2.59. The molecule has 0 amide bonds. The van der Waals surface area contributed by atoms with Crippen molar-refractivity contribution in [3.8, 4) is 0 Å². The van der Waals surface area contributed by atoms with Crippen LogP contribution in [0.3, 0.4) is 0 Å². The topological polar surface area (TPSA) is 0 Å². The first-order valence-electron chi connectivity index (χ1n) is 4.44. The van der Waals surface area contributed by atoms with Gasteiger partial charge in [0.25, 0.3) is 0 Å². The van der Waals surface area contributed by atoms with Gasteiger partial charge in [0.05, 0.1) is 0 Å². The van der Waals surface area contributed by atoms with Crippen LogP contribution in [0, 0.1) is 0 Å². The first-order chi connectivity index (χ1) is 5.36. The lowest BCUT2D eigenvalue weighted by atomic mass is 10.2. The summed E-state index contributed by atoms with van der Waals surface area (Å²) in [5, 5.41) is 0. The molecule has 0 aliphatic carbocycles. The van der Waals surface area contributed by atoms with Crippen molar-refractivity contribution in [2.45, 2.75) is 24.8 Å². The van der Waals surface area contributed by atoms with Gasteiger partial charge in [-0.15, -0.1) is 21.5 Å². The van der Waals surface area contributed by atoms with Gasteiger partial charge in [0.15, 0.2) is 0 Å². The van der Waals surface area contributed by atoms with Crippen LogP contribution in [-0.2, 0) is 6.42 Å². The van der Waals surface area contributed by atoms with Crippen LogP contribution in [0.25, 0.3) is 0 Å². The zero-order valence-corrected chi connectivity index (χ0v) is 11.0.